The summed E-state index contributed by atoms with van der Waals surface area (Å²) in [4.78, 5) is 12.1. The van der Waals surface area contributed by atoms with Gasteiger partial charge in [0.1, 0.15) is 11.5 Å². The minimum Gasteiger partial charge on any atom is -0.507 e. The van der Waals surface area contributed by atoms with E-state index < -0.39 is 0 Å². The smallest absolute Gasteiger partial charge is 0.189 e. The van der Waals surface area contributed by atoms with Crippen molar-refractivity contribution in [2.24, 2.45) is 0 Å². The highest BCUT2D eigenvalue weighted by Gasteiger charge is 2.12. The van der Waals surface area contributed by atoms with Crippen LogP contribution in [0.5, 0.6) is 11.5 Å². The van der Waals surface area contributed by atoms with Gasteiger partial charge in [-0.2, -0.15) is 0 Å². The number of hydrogen-bond acceptors (Lipinski definition) is 3. The second-order valence-corrected chi connectivity index (χ2v) is 4.97. The van der Waals surface area contributed by atoms with Crippen LogP contribution in [-0.4, -0.2) is 18.0 Å². The lowest BCUT2D eigenvalue weighted by atomic mass is 10.1. The van der Waals surface area contributed by atoms with Crippen LogP contribution in [0.25, 0.3) is 6.08 Å². The molecule has 3 nitrogen and oxygen atoms in total. The van der Waals surface area contributed by atoms with E-state index in [1.807, 2.05) is 30.3 Å². The van der Waals surface area contributed by atoms with Crippen molar-refractivity contribution in [3.8, 4) is 11.5 Å². The molecule has 0 aliphatic rings. The van der Waals surface area contributed by atoms with Crippen LogP contribution in [0, 0.1) is 0 Å². The van der Waals surface area contributed by atoms with Gasteiger partial charge in [0.2, 0.25) is 0 Å². The molecule has 0 heterocycles. The van der Waals surface area contributed by atoms with Gasteiger partial charge in [-0.1, -0.05) is 36.4 Å². The molecule has 0 aromatic heterocycles. The van der Waals surface area contributed by atoms with Crippen LogP contribution in [0.15, 0.2) is 53.0 Å². The number of carbonyl (C=O) groups is 1. The Morgan fingerprint density at radius 1 is 1.25 bits per heavy atom. The topological polar surface area (TPSA) is 46.5 Å². The zero-order chi connectivity index (χ0) is 14.5. The molecule has 0 spiro atoms. The molecular weight excluding hydrogens is 320 g/mol. The van der Waals surface area contributed by atoms with Crippen molar-refractivity contribution in [2.75, 3.05) is 7.11 Å². The van der Waals surface area contributed by atoms with Crippen molar-refractivity contribution >= 4 is 27.8 Å². The summed E-state index contributed by atoms with van der Waals surface area (Å²) < 4.78 is 5.67. The fraction of sp³-hybridized carbons (Fsp3) is 0.0625. The van der Waals surface area contributed by atoms with E-state index in [-0.39, 0.29) is 17.1 Å². The number of rotatable bonds is 4. The Balaban J connectivity index is 2.26. The number of phenols is 1. The molecule has 0 saturated carbocycles. The second kappa shape index (κ2) is 6.39. The van der Waals surface area contributed by atoms with Gasteiger partial charge in [-0.15, -0.1) is 0 Å². The van der Waals surface area contributed by atoms with Crippen LogP contribution < -0.4 is 4.74 Å². The quantitative estimate of drug-likeness (QED) is 0.678. The van der Waals surface area contributed by atoms with Crippen molar-refractivity contribution in [1.29, 1.82) is 0 Å². The van der Waals surface area contributed by atoms with E-state index in [0.29, 0.717) is 10.2 Å². The number of ketones is 1. The summed E-state index contributed by atoms with van der Waals surface area (Å²) >= 11 is 3.29. The lowest BCUT2D eigenvalue weighted by Gasteiger charge is -2.07. The number of carbonyl (C=O) groups excluding carboxylic acids is 1. The number of benzene rings is 2. The Bertz CT molecular complexity index is 648. The molecule has 0 atom stereocenters. The van der Waals surface area contributed by atoms with Crippen molar-refractivity contribution in [1.82, 2.24) is 0 Å². The van der Waals surface area contributed by atoms with Crippen molar-refractivity contribution < 1.29 is 14.6 Å². The summed E-state index contributed by atoms with van der Waals surface area (Å²) in [5, 5.41) is 9.86. The summed E-state index contributed by atoms with van der Waals surface area (Å²) in [7, 11) is 1.50. The molecule has 0 fully saturated rings. The van der Waals surface area contributed by atoms with Gasteiger partial charge in [0, 0.05) is 6.07 Å². The maximum absolute atomic E-state index is 12.1. The Kier molecular flexibility index (Phi) is 4.58. The first-order chi connectivity index (χ1) is 9.61. The van der Waals surface area contributed by atoms with Gasteiger partial charge in [0.15, 0.2) is 5.78 Å². The average Bonchev–Trinajstić information content (AvgIpc) is 2.47. The van der Waals surface area contributed by atoms with Gasteiger partial charge in [0.25, 0.3) is 0 Å². The normalized spacial score (nSPS) is 10.7. The van der Waals surface area contributed by atoms with Crippen molar-refractivity contribution in [3.63, 3.8) is 0 Å². The van der Waals surface area contributed by atoms with E-state index in [1.54, 1.807) is 12.1 Å². The average molecular weight is 333 g/mol. The molecule has 2 rings (SSSR count). The number of allylic oxidation sites excluding steroid dienone is 1. The third kappa shape index (κ3) is 3.27. The zero-order valence-electron chi connectivity index (χ0n) is 10.8. The predicted octanol–water partition coefficient (Wildman–Crippen LogP) is 4.06. The Hall–Kier alpha value is -2.07. The lowest BCUT2D eigenvalue weighted by Crippen LogP contribution is -1.96. The minimum absolute atomic E-state index is 0.104. The maximum Gasteiger partial charge on any atom is 0.189 e. The van der Waals surface area contributed by atoms with E-state index in [2.05, 4.69) is 15.9 Å². The van der Waals surface area contributed by atoms with Crippen LogP contribution in [-0.2, 0) is 0 Å². The predicted molar refractivity (Wildman–Crippen MR) is 82.2 cm³/mol. The number of halogens is 1. The minimum atomic E-state index is -0.269. The van der Waals surface area contributed by atoms with E-state index in [1.165, 1.54) is 19.3 Å². The fourth-order valence-electron chi connectivity index (χ4n) is 1.72. The summed E-state index contributed by atoms with van der Waals surface area (Å²) in [6, 6.07) is 12.4. The highest BCUT2D eigenvalue weighted by Crippen LogP contribution is 2.32. The number of hydrogen-bond donors (Lipinski definition) is 1. The van der Waals surface area contributed by atoms with Gasteiger partial charge < -0.3 is 9.84 Å². The van der Waals surface area contributed by atoms with E-state index in [0.717, 1.165) is 5.56 Å². The molecular formula is C16H13BrO3. The van der Waals surface area contributed by atoms with E-state index in [4.69, 9.17) is 4.74 Å². The number of aromatic hydroxyl groups is 1. The molecule has 2 aromatic rings. The largest absolute Gasteiger partial charge is 0.507 e. The van der Waals surface area contributed by atoms with Crippen LogP contribution in [0.3, 0.4) is 0 Å². The molecule has 0 unspecified atom stereocenters. The summed E-state index contributed by atoms with van der Waals surface area (Å²) in [5.41, 5.74) is 1.15. The molecule has 0 aliphatic heterocycles. The zero-order valence-corrected chi connectivity index (χ0v) is 12.4. The Labute approximate surface area is 125 Å². The van der Waals surface area contributed by atoms with Crippen molar-refractivity contribution in [3.05, 3.63) is 64.1 Å². The SMILES string of the molecule is COc1cc(O)c(C(=O)/C=C/c2ccccc2)cc1Br. The molecule has 102 valence electrons. The first kappa shape index (κ1) is 14.3. The monoisotopic (exact) mass is 332 g/mol. The Morgan fingerprint density at radius 3 is 2.60 bits per heavy atom. The van der Waals surface area contributed by atoms with Crippen LogP contribution in [0.4, 0.5) is 0 Å². The highest BCUT2D eigenvalue weighted by molar-refractivity contribution is 9.10. The standard InChI is InChI=1S/C16H13BrO3/c1-20-16-10-15(19)12(9-13(16)17)14(18)8-7-11-5-3-2-4-6-11/h2-10,19H,1H3/b8-7+. The first-order valence-corrected chi connectivity index (χ1v) is 6.75. The van der Waals surface area contributed by atoms with Crippen LogP contribution in [0.1, 0.15) is 15.9 Å². The maximum atomic E-state index is 12.1. The van der Waals surface area contributed by atoms with Crippen LogP contribution in [0.2, 0.25) is 0 Å². The number of ether oxygens (including phenoxy) is 1. The Morgan fingerprint density at radius 2 is 1.95 bits per heavy atom. The van der Waals surface area contributed by atoms with Gasteiger partial charge in [-0.25, -0.2) is 0 Å². The van der Waals surface area contributed by atoms with Gasteiger partial charge in [0.05, 0.1) is 17.1 Å². The van der Waals surface area contributed by atoms with Crippen LogP contribution >= 0.6 is 15.9 Å². The molecule has 4 heteroatoms. The molecule has 20 heavy (non-hydrogen) atoms. The van der Waals surface area contributed by atoms with Gasteiger partial charge in [-0.05, 0) is 33.6 Å². The molecule has 0 bridgehead atoms. The molecule has 0 amide bonds. The van der Waals surface area contributed by atoms with Gasteiger partial charge >= 0.3 is 0 Å². The highest BCUT2D eigenvalue weighted by atomic mass is 79.9. The fourth-order valence-corrected chi connectivity index (χ4v) is 2.23. The second-order valence-electron chi connectivity index (χ2n) is 4.11. The molecule has 2 aromatic carbocycles. The molecule has 1 N–H and O–H groups in total. The number of methoxy groups -OCH3 is 1. The van der Waals surface area contributed by atoms with Crippen molar-refractivity contribution in [2.45, 2.75) is 0 Å². The summed E-state index contributed by atoms with van der Waals surface area (Å²) in [5.74, 6) is 0.105. The molecule has 0 saturated heterocycles. The third-order valence-corrected chi connectivity index (χ3v) is 3.38. The summed E-state index contributed by atoms with van der Waals surface area (Å²) in [6.07, 6.45) is 3.14. The summed E-state index contributed by atoms with van der Waals surface area (Å²) in [6.45, 7) is 0. The number of phenolic OH excluding ortho intramolecular Hbond substituents is 1. The third-order valence-electron chi connectivity index (χ3n) is 2.76. The van der Waals surface area contributed by atoms with Gasteiger partial charge in [-0.3, -0.25) is 4.79 Å². The van der Waals surface area contributed by atoms with E-state index >= 15 is 0 Å². The first-order valence-electron chi connectivity index (χ1n) is 5.96. The molecule has 0 aliphatic carbocycles. The van der Waals surface area contributed by atoms with E-state index in [9.17, 15) is 9.90 Å². The molecule has 0 radical (unpaired) electrons. The lowest BCUT2D eigenvalue weighted by molar-refractivity contribution is 0.104.